The Bertz CT molecular complexity index is 675. The Kier molecular flexibility index (Phi) is 9.12. The van der Waals surface area contributed by atoms with Crippen molar-refractivity contribution in [2.75, 3.05) is 7.11 Å². The van der Waals surface area contributed by atoms with Gasteiger partial charge in [0.1, 0.15) is 23.7 Å². The number of amides is 2. The molecule has 2 amide bonds. The van der Waals surface area contributed by atoms with Crippen molar-refractivity contribution in [3.63, 3.8) is 0 Å². The van der Waals surface area contributed by atoms with Gasteiger partial charge in [0.05, 0.1) is 7.11 Å². The van der Waals surface area contributed by atoms with Gasteiger partial charge in [-0.3, -0.25) is 14.4 Å². The maximum Gasteiger partial charge on any atom is 0.328 e. The SMILES string of the molecule is CCC(=O)CC[C@@H](NC(=O)[C@H](Cc1ccc(F)cc1)NC(C)=O)C(=O)OC. The van der Waals surface area contributed by atoms with E-state index in [1.165, 1.54) is 38.3 Å². The van der Waals surface area contributed by atoms with Gasteiger partial charge in [0.2, 0.25) is 11.8 Å². The van der Waals surface area contributed by atoms with Gasteiger partial charge in [0.15, 0.2) is 0 Å². The summed E-state index contributed by atoms with van der Waals surface area (Å²) in [5, 5.41) is 5.05. The molecule has 1 aromatic rings. The maximum atomic E-state index is 13.0. The molecule has 0 aliphatic carbocycles. The quantitative estimate of drug-likeness (QED) is 0.596. The summed E-state index contributed by atoms with van der Waals surface area (Å²) in [7, 11) is 1.19. The van der Waals surface area contributed by atoms with Crippen molar-refractivity contribution in [3.05, 3.63) is 35.6 Å². The number of benzene rings is 1. The van der Waals surface area contributed by atoms with Gasteiger partial charge in [0.25, 0.3) is 0 Å². The van der Waals surface area contributed by atoms with E-state index in [2.05, 4.69) is 15.4 Å². The molecule has 148 valence electrons. The van der Waals surface area contributed by atoms with Gasteiger partial charge in [-0.15, -0.1) is 0 Å². The minimum absolute atomic E-state index is 0.0390. The van der Waals surface area contributed by atoms with Gasteiger partial charge in [-0.25, -0.2) is 9.18 Å². The van der Waals surface area contributed by atoms with Crippen molar-refractivity contribution >= 4 is 23.6 Å². The van der Waals surface area contributed by atoms with Crippen LogP contribution in [0.3, 0.4) is 0 Å². The zero-order valence-corrected chi connectivity index (χ0v) is 15.7. The van der Waals surface area contributed by atoms with Crippen molar-refractivity contribution < 1.29 is 28.3 Å². The Morgan fingerprint density at radius 3 is 2.22 bits per heavy atom. The molecular weight excluding hydrogens is 355 g/mol. The third kappa shape index (κ3) is 7.98. The molecular formula is C19H25FN2O5. The van der Waals surface area contributed by atoms with Crippen LogP contribution in [-0.2, 0) is 30.3 Å². The van der Waals surface area contributed by atoms with Crippen LogP contribution in [0.15, 0.2) is 24.3 Å². The maximum absolute atomic E-state index is 13.0. The fraction of sp³-hybridized carbons (Fsp3) is 0.474. The second kappa shape index (κ2) is 11.1. The second-order valence-electron chi connectivity index (χ2n) is 6.10. The van der Waals surface area contributed by atoms with E-state index in [0.29, 0.717) is 12.0 Å². The monoisotopic (exact) mass is 380 g/mol. The van der Waals surface area contributed by atoms with Crippen molar-refractivity contribution in [2.45, 2.75) is 51.6 Å². The van der Waals surface area contributed by atoms with Crippen LogP contribution in [-0.4, -0.2) is 42.8 Å². The molecule has 7 nitrogen and oxygen atoms in total. The zero-order valence-electron chi connectivity index (χ0n) is 15.7. The molecule has 0 saturated heterocycles. The van der Waals surface area contributed by atoms with Crippen LogP contribution in [0.25, 0.3) is 0 Å². The average molecular weight is 380 g/mol. The molecule has 0 heterocycles. The minimum Gasteiger partial charge on any atom is -0.467 e. The number of Topliss-reactive ketones (excluding diaryl/α,β-unsaturated/α-hetero) is 1. The lowest BCUT2D eigenvalue weighted by atomic mass is 10.0. The molecule has 0 aliphatic heterocycles. The molecule has 0 fully saturated rings. The number of methoxy groups -OCH3 is 1. The largest absolute Gasteiger partial charge is 0.467 e. The van der Waals surface area contributed by atoms with Crippen molar-refractivity contribution in [3.8, 4) is 0 Å². The third-order valence-electron chi connectivity index (χ3n) is 3.96. The summed E-state index contributed by atoms with van der Waals surface area (Å²) in [6.07, 6.45) is 0.683. The van der Waals surface area contributed by atoms with E-state index in [4.69, 9.17) is 0 Å². The number of hydrogen-bond acceptors (Lipinski definition) is 5. The highest BCUT2D eigenvalue weighted by Crippen LogP contribution is 2.08. The van der Waals surface area contributed by atoms with Crippen molar-refractivity contribution in [1.29, 1.82) is 0 Å². The third-order valence-corrected chi connectivity index (χ3v) is 3.96. The first-order valence-electron chi connectivity index (χ1n) is 8.68. The first-order chi connectivity index (χ1) is 12.8. The van der Waals surface area contributed by atoms with Crippen LogP contribution in [0.2, 0.25) is 0 Å². The van der Waals surface area contributed by atoms with E-state index >= 15 is 0 Å². The number of ketones is 1. The molecule has 0 radical (unpaired) electrons. The topological polar surface area (TPSA) is 102 Å². The number of carbonyl (C=O) groups excluding carboxylic acids is 4. The highest BCUT2D eigenvalue weighted by Gasteiger charge is 2.27. The number of rotatable bonds is 10. The Hall–Kier alpha value is -2.77. The molecule has 0 spiro atoms. The molecule has 1 aromatic carbocycles. The van der Waals surface area contributed by atoms with Crippen LogP contribution >= 0.6 is 0 Å². The highest BCUT2D eigenvalue weighted by molar-refractivity contribution is 5.90. The number of ether oxygens (including phenoxy) is 1. The summed E-state index contributed by atoms with van der Waals surface area (Å²) < 4.78 is 17.7. The van der Waals surface area contributed by atoms with E-state index in [9.17, 15) is 23.6 Å². The number of carbonyl (C=O) groups is 4. The molecule has 0 saturated carbocycles. The van der Waals surface area contributed by atoms with E-state index in [0.717, 1.165) is 0 Å². The molecule has 2 N–H and O–H groups in total. The standard InChI is InChI=1S/C19H25FN2O5/c1-4-15(24)9-10-16(19(26)27-3)22-18(25)17(21-12(2)23)11-13-5-7-14(20)8-6-13/h5-8,16-17H,4,9-11H2,1-3H3,(H,21,23)(H,22,25)/t16-,17+/m1/s1. The molecule has 0 bridgehead atoms. The Balaban J connectivity index is 2.86. The lowest BCUT2D eigenvalue weighted by Crippen LogP contribution is -2.52. The van der Waals surface area contributed by atoms with Crippen LogP contribution in [0.4, 0.5) is 4.39 Å². The molecule has 1 rings (SSSR count). The molecule has 0 unspecified atom stereocenters. The van der Waals surface area contributed by atoms with Crippen molar-refractivity contribution in [2.24, 2.45) is 0 Å². The van der Waals surface area contributed by atoms with E-state index in [1.54, 1.807) is 6.92 Å². The summed E-state index contributed by atoms with van der Waals surface area (Å²) >= 11 is 0. The lowest BCUT2D eigenvalue weighted by molar-refractivity contribution is -0.145. The summed E-state index contributed by atoms with van der Waals surface area (Å²) in [4.78, 5) is 47.5. The van der Waals surface area contributed by atoms with Crippen LogP contribution < -0.4 is 10.6 Å². The number of nitrogens with one attached hydrogen (secondary N) is 2. The molecule has 8 heteroatoms. The Morgan fingerprint density at radius 2 is 1.70 bits per heavy atom. The second-order valence-corrected chi connectivity index (χ2v) is 6.10. The number of esters is 1. The predicted octanol–water partition coefficient (Wildman–Crippen LogP) is 1.29. The van der Waals surface area contributed by atoms with Crippen LogP contribution in [0.1, 0.15) is 38.7 Å². The number of halogens is 1. The highest BCUT2D eigenvalue weighted by atomic mass is 19.1. The minimum atomic E-state index is -0.998. The zero-order chi connectivity index (χ0) is 20.4. The van der Waals surface area contributed by atoms with Crippen LogP contribution in [0.5, 0.6) is 0 Å². The smallest absolute Gasteiger partial charge is 0.328 e. The first-order valence-corrected chi connectivity index (χ1v) is 8.68. The summed E-state index contributed by atoms with van der Waals surface area (Å²) in [5.41, 5.74) is 0.640. The van der Waals surface area contributed by atoms with Gasteiger partial charge >= 0.3 is 5.97 Å². The Labute approximate surface area is 157 Å². The predicted molar refractivity (Wildman–Crippen MR) is 96.2 cm³/mol. The summed E-state index contributed by atoms with van der Waals surface area (Å²) in [5.74, 6) is -2.13. The fourth-order valence-electron chi connectivity index (χ4n) is 2.46. The van der Waals surface area contributed by atoms with Crippen molar-refractivity contribution in [1.82, 2.24) is 10.6 Å². The van der Waals surface area contributed by atoms with E-state index in [1.807, 2.05) is 0 Å². The molecule has 0 aromatic heterocycles. The van der Waals surface area contributed by atoms with Crippen LogP contribution in [0, 0.1) is 5.82 Å². The lowest BCUT2D eigenvalue weighted by Gasteiger charge is -2.22. The molecule has 2 atom stereocenters. The summed E-state index contributed by atoms with van der Waals surface area (Å²) in [6.45, 7) is 2.98. The van der Waals surface area contributed by atoms with Gasteiger partial charge in [-0.1, -0.05) is 19.1 Å². The Morgan fingerprint density at radius 1 is 1.07 bits per heavy atom. The van der Waals surface area contributed by atoms with Gasteiger partial charge in [-0.2, -0.15) is 0 Å². The normalized spacial score (nSPS) is 12.6. The summed E-state index contributed by atoms with van der Waals surface area (Å²) in [6, 6.07) is 3.58. The molecule has 27 heavy (non-hydrogen) atoms. The van der Waals surface area contributed by atoms with Gasteiger partial charge in [0, 0.05) is 26.2 Å². The van der Waals surface area contributed by atoms with Gasteiger partial charge < -0.3 is 15.4 Å². The van der Waals surface area contributed by atoms with E-state index in [-0.39, 0.29) is 25.0 Å². The average Bonchev–Trinajstić information content (AvgIpc) is 2.64. The van der Waals surface area contributed by atoms with Gasteiger partial charge in [-0.05, 0) is 24.1 Å². The number of hydrogen-bond donors (Lipinski definition) is 2. The first kappa shape index (κ1) is 22.3. The fourth-order valence-corrected chi connectivity index (χ4v) is 2.46. The molecule has 0 aliphatic rings. The van der Waals surface area contributed by atoms with E-state index < -0.39 is 35.7 Å².